The van der Waals surface area contributed by atoms with Gasteiger partial charge in [0.15, 0.2) is 0 Å². The monoisotopic (exact) mass is 382 g/mol. The van der Waals surface area contributed by atoms with Crippen LogP contribution in [0.4, 0.5) is 5.69 Å². The predicted octanol–water partition coefficient (Wildman–Crippen LogP) is 3.89. The van der Waals surface area contributed by atoms with E-state index in [0.717, 1.165) is 22.6 Å². The summed E-state index contributed by atoms with van der Waals surface area (Å²) in [7, 11) is -3.53. The van der Waals surface area contributed by atoms with E-state index in [-0.39, 0.29) is 4.90 Å². The first-order valence-electron chi connectivity index (χ1n) is 8.62. The molecule has 0 fully saturated rings. The highest BCUT2D eigenvalue weighted by molar-refractivity contribution is 7.89. The highest BCUT2D eigenvalue weighted by atomic mass is 32.2. The summed E-state index contributed by atoms with van der Waals surface area (Å²) >= 11 is 0. The van der Waals surface area contributed by atoms with Gasteiger partial charge in [0.05, 0.1) is 4.90 Å². The highest BCUT2D eigenvalue weighted by Crippen LogP contribution is 2.24. The molecule has 3 rings (SSSR count). The van der Waals surface area contributed by atoms with Gasteiger partial charge in [0.2, 0.25) is 10.0 Å². The van der Waals surface area contributed by atoms with Gasteiger partial charge in [-0.3, -0.25) is 0 Å². The summed E-state index contributed by atoms with van der Waals surface area (Å²) in [6, 6.07) is 21.6. The minimum Gasteiger partial charge on any atom is -0.457 e. The summed E-state index contributed by atoms with van der Waals surface area (Å²) in [5, 5.41) is 0. The van der Waals surface area contributed by atoms with E-state index < -0.39 is 10.0 Å². The van der Waals surface area contributed by atoms with Crippen LogP contribution in [0.2, 0.25) is 0 Å². The number of rotatable bonds is 7. The van der Waals surface area contributed by atoms with Crippen LogP contribution < -0.4 is 15.2 Å². The molecular weight excluding hydrogens is 360 g/mol. The van der Waals surface area contributed by atoms with Crippen molar-refractivity contribution in [3.8, 4) is 11.5 Å². The van der Waals surface area contributed by atoms with Gasteiger partial charge in [0, 0.05) is 12.2 Å². The van der Waals surface area contributed by atoms with Gasteiger partial charge in [-0.25, -0.2) is 13.1 Å². The fourth-order valence-electron chi connectivity index (χ4n) is 2.58. The van der Waals surface area contributed by atoms with E-state index in [1.807, 2.05) is 55.5 Å². The molecule has 3 N–H and O–H groups in total. The molecule has 0 aliphatic rings. The van der Waals surface area contributed by atoms with E-state index >= 15 is 0 Å². The van der Waals surface area contributed by atoms with Gasteiger partial charge >= 0.3 is 0 Å². The number of anilines is 1. The third-order valence-corrected chi connectivity index (χ3v) is 5.62. The minimum atomic E-state index is -3.53. The smallest absolute Gasteiger partial charge is 0.240 e. The zero-order valence-electron chi connectivity index (χ0n) is 15.1. The topological polar surface area (TPSA) is 81.4 Å². The van der Waals surface area contributed by atoms with Crippen molar-refractivity contribution in [1.29, 1.82) is 0 Å². The van der Waals surface area contributed by atoms with E-state index in [9.17, 15) is 8.42 Å². The number of hydrogen-bond acceptors (Lipinski definition) is 4. The molecule has 0 amide bonds. The van der Waals surface area contributed by atoms with Crippen LogP contribution in [0, 0.1) is 6.92 Å². The SMILES string of the molecule is Cc1ccccc1Oc1ccc(CCNS(=O)(=O)c2ccc(N)cc2)cc1. The predicted molar refractivity (Wildman–Crippen MR) is 107 cm³/mol. The fourth-order valence-corrected chi connectivity index (χ4v) is 3.61. The maximum atomic E-state index is 12.3. The average Bonchev–Trinajstić information content (AvgIpc) is 2.65. The van der Waals surface area contributed by atoms with E-state index in [1.54, 1.807) is 12.1 Å². The molecule has 140 valence electrons. The molecule has 0 aliphatic heterocycles. The van der Waals surface area contributed by atoms with Gasteiger partial charge in [-0.05, 0) is 66.9 Å². The van der Waals surface area contributed by atoms with Crippen LogP contribution in [0.5, 0.6) is 11.5 Å². The summed E-state index contributed by atoms with van der Waals surface area (Å²) in [5.74, 6) is 1.57. The molecule has 0 bridgehead atoms. The molecule has 0 aliphatic carbocycles. The molecule has 0 aromatic heterocycles. The first kappa shape index (κ1) is 18.9. The molecule has 0 saturated heterocycles. The maximum absolute atomic E-state index is 12.3. The lowest BCUT2D eigenvalue weighted by atomic mass is 10.1. The number of hydrogen-bond donors (Lipinski definition) is 2. The standard InChI is InChI=1S/C21H22N2O3S/c1-16-4-2-3-5-21(16)26-19-10-6-17(7-11-19)14-15-23-27(24,25)20-12-8-18(22)9-13-20/h2-13,23H,14-15,22H2,1H3. The Balaban J connectivity index is 1.56. The van der Waals surface area contributed by atoms with E-state index in [1.165, 1.54) is 12.1 Å². The van der Waals surface area contributed by atoms with Crippen molar-refractivity contribution >= 4 is 15.7 Å². The molecule has 3 aromatic rings. The summed E-state index contributed by atoms with van der Waals surface area (Å²) < 4.78 is 33.0. The quantitative estimate of drug-likeness (QED) is 0.608. The van der Waals surface area contributed by atoms with Crippen molar-refractivity contribution in [2.45, 2.75) is 18.2 Å². The number of sulfonamides is 1. The second-order valence-electron chi connectivity index (χ2n) is 6.23. The molecule has 0 atom stereocenters. The number of benzene rings is 3. The minimum absolute atomic E-state index is 0.207. The summed E-state index contributed by atoms with van der Waals surface area (Å²) in [6.07, 6.45) is 0.582. The average molecular weight is 382 g/mol. The molecule has 0 radical (unpaired) electrons. The van der Waals surface area contributed by atoms with Gasteiger partial charge in [0.25, 0.3) is 0 Å². The molecule has 0 unspecified atom stereocenters. The number of ether oxygens (including phenoxy) is 1. The Morgan fingerprint density at radius 3 is 2.26 bits per heavy atom. The number of aryl methyl sites for hydroxylation is 1. The fraction of sp³-hybridized carbons (Fsp3) is 0.143. The third-order valence-electron chi connectivity index (χ3n) is 4.14. The largest absolute Gasteiger partial charge is 0.457 e. The van der Waals surface area contributed by atoms with E-state index in [2.05, 4.69) is 4.72 Å². The van der Waals surface area contributed by atoms with Gasteiger partial charge in [-0.1, -0.05) is 30.3 Å². The van der Waals surface area contributed by atoms with Gasteiger partial charge < -0.3 is 10.5 Å². The molecule has 27 heavy (non-hydrogen) atoms. The highest BCUT2D eigenvalue weighted by Gasteiger charge is 2.12. The Morgan fingerprint density at radius 2 is 1.59 bits per heavy atom. The lowest BCUT2D eigenvalue weighted by molar-refractivity contribution is 0.478. The van der Waals surface area contributed by atoms with Crippen LogP contribution in [0.1, 0.15) is 11.1 Å². The number of nitrogens with one attached hydrogen (secondary N) is 1. The zero-order valence-corrected chi connectivity index (χ0v) is 15.9. The first-order chi connectivity index (χ1) is 12.9. The summed E-state index contributed by atoms with van der Waals surface area (Å²) in [6.45, 7) is 2.31. The third kappa shape index (κ3) is 5.09. The van der Waals surface area contributed by atoms with Crippen LogP contribution in [0.25, 0.3) is 0 Å². The second kappa shape index (κ2) is 8.24. The Labute approximate surface area is 159 Å². The molecule has 6 heteroatoms. The van der Waals surface area contributed by atoms with Crippen molar-refractivity contribution in [1.82, 2.24) is 4.72 Å². The molecule has 0 heterocycles. The molecule has 0 spiro atoms. The lowest BCUT2D eigenvalue weighted by Gasteiger charge is -2.10. The zero-order chi connectivity index (χ0) is 19.3. The van der Waals surface area contributed by atoms with Crippen LogP contribution in [0.3, 0.4) is 0 Å². The molecule has 3 aromatic carbocycles. The normalized spacial score (nSPS) is 11.3. The Kier molecular flexibility index (Phi) is 5.78. The second-order valence-corrected chi connectivity index (χ2v) is 8.00. The van der Waals surface area contributed by atoms with Crippen molar-refractivity contribution in [3.05, 3.63) is 83.9 Å². The van der Waals surface area contributed by atoms with Gasteiger partial charge in [0.1, 0.15) is 11.5 Å². The maximum Gasteiger partial charge on any atom is 0.240 e. The molecular formula is C21H22N2O3S. The molecule has 0 saturated carbocycles. The van der Waals surface area contributed by atoms with E-state index in [4.69, 9.17) is 10.5 Å². The number of nitrogen functional groups attached to an aromatic ring is 1. The van der Waals surface area contributed by atoms with Crippen LogP contribution in [-0.2, 0) is 16.4 Å². The van der Waals surface area contributed by atoms with Crippen molar-refractivity contribution in [2.75, 3.05) is 12.3 Å². The Bertz CT molecular complexity index is 998. The van der Waals surface area contributed by atoms with Gasteiger partial charge in [-0.15, -0.1) is 0 Å². The summed E-state index contributed by atoms with van der Waals surface area (Å²) in [5.41, 5.74) is 8.21. The van der Waals surface area contributed by atoms with Gasteiger partial charge in [-0.2, -0.15) is 0 Å². The number of para-hydroxylation sites is 1. The van der Waals surface area contributed by atoms with E-state index in [0.29, 0.717) is 18.7 Å². The Hall–Kier alpha value is -2.83. The van der Waals surface area contributed by atoms with Crippen LogP contribution >= 0.6 is 0 Å². The van der Waals surface area contributed by atoms with Crippen molar-refractivity contribution in [3.63, 3.8) is 0 Å². The lowest BCUT2D eigenvalue weighted by Crippen LogP contribution is -2.25. The van der Waals surface area contributed by atoms with Crippen LogP contribution in [0.15, 0.2) is 77.7 Å². The molecule has 5 nitrogen and oxygen atoms in total. The first-order valence-corrected chi connectivity index (χ1v) is 10.1. The Morgan fingerprint density at radius 1 is 0.926 bits per heavy atom. The number of nitrogens with two attached hydrogens (primary N) is 1. The van der Waals surface area contributed by atoms with Crippen molar-refractivity contribution in [2.24, 2.45) is 0 Å². The van der Waals surface area contributed by atoms with Crippen molar-refractivity contribution < 1.29 is 13.2 Å². The summed E-state index contributed by atoms with van der Waals surface area (Å²) in [4.78, 5) is 0.207. The van der Waals surface area contributed by atoms with Crippen LogP contribution in [-0.4, -0.2) is 15.0 Å².